The highest BCUT2D eigenvalue weighted by atomic mass is 32.2. The molecule has 2 aromatic rings. The first kappa shape index (κ1) is 22.4. The number of hydrogen-bond acceptors (Lipinski definition) is 5. The van der Waals surface area contributed by atoms with Crippen LogP contribution in [0.15, 0.2) is 53.4 Å². The van der Waals surface area contributed by atoms with Crippen LogP contribution in [0.4, 0.5) is 4.39 Å². The van der Waals surface area contributed by atoms with E-state index in [1.807, 2.05) is 6.07 Å². The Morgan fingerprint density at radius 2 is 1.90 bits per heavy atom. The van der Waals surface area contributed by atoms with Crippen molar-refractivity contribution in [2.75, 3.05) is 39.4 Å². The molecule has 0 radical (unpaired) electrons. The summed E-state index contributed by atoms with van der Waals surface area (Å²) in [6, 6.07) is 12.0. The number of rotatable bonds is 8. The standard InChI is InChI=1S/C21H26FN3O4S/c1-2-24-30(27,28)19-8-4-6-17(14-19)21(26)23-15-20(25-9-11-29-12-10-25)16-5-3-7-18(22)13-16/h3-8,13-14,20,24H,2,9-12,15H2,1H3,(H,23,26). The van der Waals surface area contributed by atoms with E-state index in [0.29, 0.717) is 26.3 Å². The summed E-state index contributed by atoms with van der Waals surface area (Å²) in [5.41, 5.74) is 1.01. The summed E-state index contributed by atoms with van der Waals surface area (Å²) in [4.78, 5) is 14.9. The van der Waals surface area contributed by atoms with Crippen LogP contribution in [0.5, 0.6) is 0 Å². The van der Waals surface area contributed by atoms with E-state index in [9.17, 15) is 17.6 Å². The van der Waals surface area contributed by atoms with Gasteiger partial charge in [0.05, 0.1) is 24.2 Å². The van der Waals surface area contributed by atoms with Gasteiger partial charge in [-0.25, -0.2) is 17.5 Å². The lowest BCUT2D eigenvalue weighted by molar-refractivity contribution is 0.0162. The molecule has 0 saturated carbocycles. The van der Waals surface area contributed by atoms with Crippen molar-refractivity contribution in [1.29, 1.82) is 0 Å². The number of morpholine rings is 1. The molecular weight excluding hydrogens is 409 g/mol. The van der Waals surface area contributed by atoms with Gasteiger partial charge in [0, 0.05) is 31.7 Å². The summed E-state index contributed by atoms with van der Waals surface area (Å²) in [5.74, 6) is -0.725. The van der Waals surface area contributed by atoms with Crippen LogP contribution < -0.4 is 10.0 Å². The van der Waals surface area contributed by atoms with Gasteiger partial charge in [-0.1, -0.05) is 25.1 Å². The molecule has 0 aliphatic carbocycles. The van der Waals surface area contributed by atoms with Crippen molar-refractivity contribution in [2.24, 2.45) is 0 Å². The molecule has 1 heterocycles. The summed E-state index contributed by atoms with van der Waals surface area (Å²) in [6.07, 6.45) is 0. The first-order valence-electron chi connectivity index (χ1n) is 9.86. The summed E-state index contributed by atoms with van der Waals surface area (Å²) < 4.78 is 46.0. The highest BCUT2D eigenvalue weighted by Gasteiger charge is 2.24. The molecule has 0 aromatic heterocycles. The molecule has 1 atom stereocenters. The van der Waals surface area contributed by atoms with Crippen LogP contribution in [0.3, 0.4) is 0 Å². The smallest absolute Gasteiger partial charge is 0.251 e. The van der Waals surface area contributed by atoms with Crippen LogP contribution in [-0.2, 0) is 14.8 Å². The van der Waals surface area contributed by atoms with E-state index in [-0.39, 0.29) is 35.4 Å². The first-order valence-corrected chi connectivity index (χ1v) is 11.3. The van der Waals surface area contributed by atoms with E-state index in [2.05, 4.69) is 14.9 Å². The molecule has 0 bridgehead atoms. The third-order valence-electron chi connectivity index (χ3n) is 4.92. The maximum atomic E-state index is 13.8. The van der Waals surface area contributed by atoms with Gasteiger partial charge >= 0.3 is 0 Å². The summed E-state index contributed by atoms with van der Waals surface area (Å²) in [7, 11) is -3.66. The molecule has 0 spiro atoms. The average molecular weight is 436 g/mol. The van der Waals surface area contributed by atoms with E-state index in [0.717, 1.165) is 5.56 Å². The fourth-order valence-corrected chi connectivity index (χ4v) is 4.52. The number of halogens is 1. The molecule has 1 aliphatic heterocycles. The maximum absolute atomic E-state index is 13.8. The van der Waals surface area contributed by atoms with E-state index in [1.165, 1.54) is 30.3 Å². The minimum absolute atomic E-state index is 0.0341. The highest BCUT2D eigenvalue weighted by molar-refractivity contribution is 7.89. The molecule has 1 unspecified atom stereocenters. The van der Waals surface area contributed by atoms with Crippen molar-refractivity contribution in [1.82, 2.24) is 14.9 Å². The molecule has 1 amide bonds. The minimum Gasteiger partial charge on any atom is -0.379 e. The Labute approximate surface area is 176 Å². The van der Waals surface area contributed by atoms with Crippen molar-refractivity contribution in [2.45, 2.75) is 17.9 Å². The monoisotopic (exact) mass is 435 g/mol. The van der Waals surface area contributed by atoms with Gasteiger partial charge in [0.1, 0.15) is 5.82 Å². The van der Waals surface area contributed by atoms with E-state index in [1.54, 1.807) is 19.1 Å². The normalized spacial score (nSPS) is 16.2. The van der Waals surface area contributed by atoms with Gasteiger partial charge in [0.2, 0.25) is 10.0 Å². The SMILES string of the molecule is CCNS(=O)(=O)c1cccc(C(=O)NCC(c2cccc(F)c2)N2CCOCC2)c1. The van der Waals surface area contributed by atoms with Gasteiger partial charge < -0.3 is 10.1 Å². The van der Waals surface area contributed by atoms with Gasteiger partial charge in [-0.15, -0.1) is 0 Å². The second-order valence-electron chi connectivity index (χ2n) is 6.96. The summed E-state index contributed by atoms with van der Waals surface area (Å²) in [6.45, 7) is 4.70. The number of ether oxygens (including phenoxy) is 1. The summed E-state index contributed by atoms with van der Waals surface area (Å²) >= 11 is 0. The Bertz CT molecular complexity index is 978. The molecule has 1 fully saturated rings. The Morgan fingerprint density at radius 3 is 2.60 bits per heavy atom. The molecule has 1 aliphatic rings. The van der Waals surface area contributed by atoms with Crippen molar-refractivity contribution < 1.29 is 22.3 Å². The van der Waals surface area contributed by atoms with Gasteiger partial charge in [-0.05, 0) is 35.9 Å². The number of carbonyl (C=O) groups is 1. The van der Waals surface area contributed by atoms with Crippen molar-refractivity contribution in [3.8, 4) is 0 Å². The fourth-order valence-electron chi connectivity index (χ4n) is 3.43. The van der Waals surface area contributed by atoms with Crippen LogP contribution >= 0.6 is 0 Å². The third-order valence-corrected chi connectivity index (χ3v) is 6.46. The van der Waals surface area contributed by atoms with E-state index >= 15 is 0 Å². The zero-order chi connectivity index (χ0) is 21.6. The largest absolute Gasteiger partial charge is 0.379 e. The van der Waals surface area contributed by atoms with Crippen molar-refractivity contribution >= 4 is 15.9 Å². The van der Waals surface area contributed by atoms with Crippen LogP contribution in [0, 0.1) is 5.82 Å². The lowest BCUT2D eigenvalue weighted by atomic mass is 10.0. The predicted octanol–water partition coefficient (Wildman–Crippen LogP) is 1.93. The molecule has 9 heteroatoms. The Kier molecular flexibility index (Phi) is 7.54. The average Bonchev–Trinajstić information content (AvgIpc) is 2.75. The predicted molar refractivity (Wildman–Crippen MR) is 111 cm³/mol. The Hall–Kier alpha value is -2.33. The van der Waals surface area contributed by atoms with Gasteiger partial charge in [0.15, 0.2) is 0 Å². The topological polar surface area (TPSA) is 87.7 Å². The van der Waals surface area contributed by atoms with Crippen LogP contribution in [0.2, 0.25) is 0 Å². The van der Waals surface area contributed by atoms with Crippen molar-refractivity contribution in [3.63, 3.8) is 0 Å². The van der Waals surface area contributed by atoms with Crippen LogP contribution in [0.1, 0.15) is 28.9 Å². The minimum atomic E-state index is -3.66. The van der Waals surface area contributed by atoms with E-state index < -0.39 is 15.9 Å². The molecule has 2 N–H and O–H groups in total. The number of nitrogens with zero attached hydrogens (tertiary/aromatic N) is 1. The zero-order valence-electron chi connectivity index (χ0n) is 16.8. The first-order chi connectivity index (χ1) is 14.4. The van der Waals surface area contributed by atoms with Gasteiger partial charge in [-0.3, -0.25) is 9.69 Å². The number of nitrogens with one attached hydrogen (secondary N) is 2. The molecule has 2 aromatic carbocycles. The number of sulfonamides is 1. The second kappa shape index (κ2) is 10.1. The number of carbonyl (C=O) groups excluding carboxylic acids is 1. The molecule has 7 nitrogen and oxygen atoms in total. The molecule has 30 heavy (non-hydrogen) atoms. The van der Waals surface area contributed by atoms with Gasteiger partial charge in [-0.2, -0.15) is 0 Å². The Balaban J connectivity index is 1.76. The quantitative estimate of drug-likeness (QED) is 0.662. The fraction of sp³-hybridized carbons (Fsp3) is 0.381. The zero-order valence-corrected chi connectivity index (χ0v) is 17.6. The van der Waals surface area contributed by atoms with Crippen LogP contribution in [-0.4, -0.2) is 58.6 Å². The van der Waals surface area contributed by atoms with Gasteiger partial charge in [0.25, 0.3) is 5.91 Å². The highest BCUT2D eigenvalue weighted by Crippen LogP contribution is 2.22. The number of amides is 1. The Morgan fingerprint density at radius 1 is 1.17 bits per heavy atom. The van der Waals surface area contributed by atoms with Crippen LogP contribution in [0.25, 0.3) is 0 Å². The molecule has 162 valence electrons. The maximum Gasteiger partial charge on any atom is 0.251 e. The third kappa shape index (κ3) is 5.63. The number of benzene rings is 2. The second-order valence-corrected chi connectivity index (χ2v) is 8.73. The van der Waals surface area contributed by atoms with Crippen molar-refractivity contribution in [3.05, 3.63) is 65.5 Å². The lowest BCUT2D eigenvalue weighted by Gasteiger charge is -2.35. The molecular formula is C21H26FN3O4S. The molecule has 1 saturated heterocycles. The van der Waals surface area contributed by atoms with E-state index in [4.69, 9.17) is 4.74 Å². The summed E-state index contributed by atoms with van der Waals surface area (Å²) in [5, 5.41) is 2.87. The lowest BCUT2D eigenvalue weighted by Crippen LogP contribution is -2.43. The number of hydrogen-bond donors (Lipinski definition) is 2. The molecule has 3 rings (SSSR count).